The molecule has 0 amide bonds. The molecule has 1 aromatic rings. The molecule has 1 aromatic carbocycles. The molecule has 0 saturated carbocycles. The first-order valence-corrected chi connectivity index (χ1v) is 7.22. The lowest BCUT2D eigenvalue weighted by molar-refractivity contribution is 0.341. The lowest BCUT2D eigenvalue weighted by Crippen LogP contribution is -2.08. The third-order valence-corrected chi connectivity index (χ3v) is 5.10. The number of hydrogen-bond acceptors (Lipinski definition) is 2. The molecule has 0 aliphatic carbocycles. The molecule has 4 heteroatoms. The second-order valence-corrected chi connectivity index (χ2v) is 6.55. The van der Waals surface area contributed by atoms with Crippen LogP contribution in [0.2, 0.25) is 0 Å². The Bertz CT molecular complexity index is 334. The topological polar surface area (TPSA) is 26.3 Å². The SMILES string of the molecule is CCOP(=O)(CC)c1ccc(Br)cc1. The first-order valence-electron chi connectivity index (χ1n) is 4.62. The van der Waals surface area contributed by atoms with E-state index in [0.29, 0.717) is 12.8 Å². The van der Waals surface area contributed by atoms with Gasteiger partial charge in [-0.2, -0.15) is 0 Å². The summed E-state index contributed by atoms with van der Waals surface area (Å²) in [6, 6.07) is 7.47. The zero-order valence-corrected chi connectivity index (χ0v) is 10.8. The predicted octanol–water partition coefficient (Wildman–Crippen LogP) is 3.41. The van der Waals surface area contributed by atoms with Gasteiger partial charge in [-0.25, -0.2) is 0 Å². The summed E-state index contributed by atoms with van der Waals surface area (Å²) in [6.07, 6.45) is 0.544. The van der Waals surface area contributed by atoms with Crippen LogP contribution in [0.3, 0.4) is 0 Å². The van der Waals surface area contributed by atoms with E-state index in [1.54, 1.807) is 0 Å². The first-order chi connectivity index (χ1) is 6.62. The molecule has 1 unspecified atom stereocenters. The van der Waals surface area contributed by atoms with Gasteiger partial charge in [0.25, 0.3) is 0 Å². The second-order valence-electron chi connectivity index (χ2n) is 2.88. The average Bonchev–Trinajstić information content (AvgIpc) is 2.19. The van der Waals surface area contributed by atoms with Crippen LogP contribution in [0.15, 0.2) is 28.7 Å². The van der Waals surface area contributed by atoms with Crippen molar-refractivity contribution in [3.05, 3.63) is 28.7 Å². The lowest BCUT2D eigenvalue weighted by Gasteiger charge is -2.15. The molecule has 0 aliphatic rings. The summed E-state index contributed by atoms with van der Waals surface area (Å²) in [6.45, 7) is 4.24. The summed E-state index contributed by atoms with van der Waals surface area (Å²) in [5.74, 6) is 0. The molecule has 1 rings (SSSR count). The highest BCUT2D eigenvalue weighted by Gasteiger charge is 2.22. The van der Waals surface area contributed by atoms with E-state index in [2.05, 4.69) is 15.9 Å². The maximum Gasteiger partial charge on any atom is 0.231 e. The average molecular weight is 277 g/mol. The summed E-state index contributed by atoms with van der Waals surface area (Å²) >= 11 is 3.34. The molecular weight excluding hydrogens is 263 g/mol. The van der Waals surface area contributed by atoms with E-state index in [4.69, 9.17) is 4.52 Å². The Labute approximate surface area is 93.2 Å². The van der Waals surface area contributed by atoms with Crippen molar-refractivity contribution in [2.75, 3.05) is 12.8 Å². The summed E-state index contributed by atoms with van der Waals surface area (Å²) < 4.78 is 18.6. The summed E-state index contributed by atoms with van der Waals surface area (Å²) in [5, 5.41) is 0.796. The van der Waals surface area contributed by atoms with Crippen molar-refractivity contribution in [2.45, 2.75) is 13.8 Å². The largest absolute Gasteiger partial charge is 0.326 e. The highest BCUT2D eigenvalue weighted by Crippen LogP contribution is 2.44. The van der Waals surface area contributed by atoms with E-state index < -0.39 is 7.37 Å². The quantitative estimate of drug-likeness (QED) is 0.788. The fourth-order valence-corrected chi connectivity index (χ4v) is 3.21. The fraction of sp³-hybridized carbons (Fsp3) is 0.400. The minimum absolute atomic E-state index is 0.487. The Morgan fingerprint density at radius 1 is 1.29 bits per heavy atom. The molecule has 14 heavy (non-hydrogen) atoms. The Kier molecular flexibility index (Phi) is 4.36. The monoisotopic (exact) mass is 276 g/mol. The molecule has 0 bridgehead atoms. The van der Waals surface area contributed by atoms with Gasteiger partial charge in [0, 0.05) is 15.9 Å². The van der Waals surface area contributed by atoms with Crippen molar-refractivity contribution in [1.82, 2.24) is 0 Å². The van der Waals surface area contributed by atoms with E-state index >= 15 is 0 Å². The normalized spacial score (nSPS) is 15.1. The molecule has 0 fully saturated rings. The second kappa shape index (κ2) is 5.11. The first kappa shape index (κ1) is 12.0. The molecular formula is C10H14BrO2P. The van der Waals surface area contributed by atoms with Crippen LogP contribution in [0.25, 0.3) is 0 Å². The van der Waals surface area contributed by atoms with E-state index in [9.17, 15) is 4.57 Å². The van der Waals surface area contributed by atoms with Crippen LogP contribution < -0.4 is 5.30 Å². The van der Waals surface area contributed by atoms with E-state index in [-0.39, 0.29) is 0 Å². The molecule has 0 spiro atoms. The highest BCUT2D eigenvalue weighted by atomic mass is 79.9. The predicted molar refractivity (Wildman–Crippen MR) is 63.5 cm³/mol. The van der Waals surface area contributed by atoms with Crippen LogP contribution in [-0.4, -0.2) is 12.8 Å². The van der Waals surface area contributed by atoms with Gasteiger partial charge in [0.05, 0.1) is 6.61 Å². The highest BCUT2D eigenvalue weighted by molar-refractivity contribution is 9.10. The molecule has 2 nitrogen and oxygen atoms in total. The van der Waals surface area contributed by atoms with Crippen LogP contribution in [0.4, 0.5) is 0 Å². The van der Waals surface area contributed by atoms with Crippen molar-refractivity contribution in [1.29, 1.82) is 0 Å². The van der Waals surface area contributed by atoms with Crippen molar-refractivity contribution >= 4 is 28.6 Å². The Balaban J connectivity index is 3.00. The van der Waals surface area contributed by atoms with Crippen LogP contribution in [0.1, 0.15) is 13.8 Å². The minimum Gasteiger partial charge on any atom is -0.326 e. The minimum atomic E-state index is -2.59. The molecule has 78 valence electrons. The standard InChI is InChI=1S/C10H14BrO2P/c1-3-13-14(12,4-2)10-7-5-9(11)6-8-10/h5-8H,3-4H2,1-2H3. The summed E-state index contributed by atoms with van der Waals surface area (Å²) in [5.41, 5.74) is 0. The molecule has 0 aliphatic heterocycles. The van der Waals surface area contributed by atoms with Crippen LogP contribution >= 0.6 is 23.3 Å². The lowest BCUT2D eigenvalue weighted by atomic mass is 10.4. The van der Waals surface area contributed by atoms with Crippen LogP contribution in [-0.2, 0) is 9.09 Å². The van der Waals surface area contributed by atoms with Gasteiger partial charge in [0.2, 0.25) is 7.37 Å². The zero-order chi connectivity index (χ0) is 10.6. The summed E-state index contributed by atoms with van der Waals surface area (Å²) in [7, 11) is -2.59. The van der Waals surface area contributed by atoms with Crippen molar-refractivity contribution in [2.24, 2.45) is 0 Å². The van der Waals surface area contributed by atoms with E-state index in [1.807, 2.05) is 38.1 Å². The maximum absolute atomic E-state index is 12.3. The summed E-state index contributed by atoms with van der Waals surface area (Å²) in [4.78, 5) is 0. The Hall–Kier alpha value is -0.110. The van der Waals surface area contributed by atoms with E-state index in [1.165, 1.54) is 0 Å². The van der Waals surface area contributed by atoms with Crippen molar-refractivity contribution in [3.8, 4) is 0 Å². The van der Waals surface area contributed by atoms with Gasteiger partial charge in [-0.15, -0.1) is 0 Å². The van der Waals surface area contributed by atoms with Gasteiger partial charge in [-0.1, -0.05) is 22.9 Å². The van der Waals surface area contributed by atoms with Gasteiger partial charge in [0.1, 0.15) is 0 Å². The fourth-order valence-electron chi connectivity index (χ4n) is 1.23. The third kappa shape index (κ3) is 2.69. The molecule has 0 heterocycles. The molecule has 1 atom stereocenters. The van der Waals surface area contributed by atoms with E-state index in [0.717, 1.165) is 9.78 Å². The van der Waals surface area contributed by atoms with Gasteiger partial charge in [-0.3, -0.25) is 4.57 Å². The Morgan fingerprint density at radius 3 is 2.29 bits per heavy atom. The molecule has 0 N–H and O–H groups in total. The van der Waals surface area contributed by atoms with Crippen LogP contribution in [0.5, 0.6) is 0 Å². The smallest absolute Gasteiger partial charge is 0.231 e. The van der Waals surface area contributed by atoms with Gasteiger partial charge >= 0.3 is 0 Å². The van der Waals surface area contributed by atoms with Gasteiger partial charge < -0.3 is 4.52 Å². The van der Waals surface area contributed by atoms with Gasteiger partial charge in [-0.05, 0) is 31.2 Å². The number of halogens is 1. The van der Waals surface area contributed by atoms with Crippen LogP contribution in [0, 0.1) is 0 Å². The maximum atomic E-state index is 12.3. The number of benzene rings is 1. The van der Waals surface area contributed by atoms with Crippen molar-refractivity contribution < 1.29 is 9.09 Å². The number of hydrogen-bond donors (Lipinski definition) is 0. The van der Waals surface area contributed by atoms with Gasteiger partial charge in [0.15, 0.2) is 0 Å². The zero-order valence-electron chi connectivity index (χ0n) is 8.37. The number of rotatable bonds is 4. The molecule has 0 radical (unpaired) electrons. The Morgan fingerprint density at radius 2 is 1.86 bits per heavy atom. The molecule has 0 aromatic heterocycles. The molecule has 0 saturated heterocycles. The third-order valence-electron chi connectivity index (χ3n) is 1.97. The van der Waals surface area contributed by atoms with Crippen molar-refractivity contribution in [3.63, 3.8) is 0 Å².